The molecular formula is C23H18N2O5. The van der Waals surface area contributed by atoms with Gasteiger partial charge in [0.15, 0.2) is 6.61 Å². The molecule has 0 aromatic heterocycles. The van der Waals surface area contributed by atoms with Gasteiger partial charge in [-0.1, -0.05) is 42.5 Å². The molecule has 0 aliphatic carbocycles. The summed E-state index contributed by atoms with van der Waals surface area (Å²) in [6.07, 6.45) is -0.186. The van der Waals surface area contributed by atoms with Gasteiger partial charge in [0.25, 0.3) is 17.7 Å². The number of ether oxygens (including phenoxy) is 1. The van der Waals surface area contributed by atoms with Crippen LogP contribution in [0.25, 0.3) is 10.8 Å². The molecule has 4 rings (SSSR count). The van der Waals surface area contributed by atoms with E-state index in [0.717, 1.165) is 15.7 Å². The second-order valence-electron chi connectivity index (χ2n) is 6.83. The second-order valence-corrected chi connectivity index (χ2v) is 6.83. The molecule has 0 spiro atoms. The minimum Gasteiger partial charge on any atom is -0.456 e. The molecule has 3 aromatic rings. The quantitative estimate of drug-likeness (QED) is 0.505. The highest BCUT2D eigenvalue weighted by Crippen LogP contribution is 2.22. The molecule has 3 amide bonds. The maximum Gasteiger partial charge on any atom is 0.308 e. The van der Waals surface area contributed by atoms with Gasteiger partial charge in [-0.15, -0.1) is 0 Å². The summed E-state index contributed by atoms with van der Waals surface area (Å²) in [5, 5.41) is 4.71. The molecule has 1 aliphatic heterocycles. The van der Waals surface area contributed by atoms with E-state index >= 15 is 0 Å². The molecule has 0 atom stereocenters. The lowest BCUT2D eigenvalue weighted by Crippen LogP contribution is -2.32. The Kier molecular flexibility index (Phi) is 5.26. The third kappa shape index (κ3) is 3.91. The molecule has 30 heavy (non-hydrogen) atoms. The Balaban J connectivity index is 1.26. The van der Waals surface area contributed by atoms with Crippen molar-refractivity contribution in [1.29, 1.82) is 0 Å². The van der Waals surface area contributed by atoms with Crippen LogP contribution in [0.3, 0.4) is 0 Å². The van der Waals surface area contributed by atoms with E-state index in [1.807, 2.05) is 36.4 Å². The van der Waals surface area contributed by atoms with Gasteiger partial charge in [0.05, 0.1) is 17.5 Å². The van der Waals surface area contributed by atoms with Crippen molar-refractivity contribution < 1.29 is 23.9 Å². The highest BCUT2D eigenvalue weighted by atomic mass is 16.5. The van der Waals surface area contributed by atoms with E-state index < -0.39 is 30.3 Å². The predicted octanol–water partition coefficient (Wildman–Crippen LogP) is 3.01. The summed E-state index contributed by atoms with van der Waals surface area (Å²) in [6, 6.07) is 19.7. The maximum atomic E-state index is 12.3. The molecule has 150 valence electrons. The zero-order valence-electron chi connectivity index (χ0n) is 16.0. The monoisotopic (exact) mass is 402 g/mol. The number of amides is 3. The molecule has 3 aromatic carbocycles. The first-order chi connectivity index (χ1) is 14.5. The van der Waals surface area contributed by atoms with Crippen molar-refractivity contribution >= 4 is 40.2 Å². The third-order valence-corrected chi connectivity index (χ3v) is 4.82. The van der Waals surface area contributed by atoms with E-state index in [2.05, 4.69) is 5.32 Å². The number of esters is 1. The van der Waals surface area contributed by atoms with Crippen LogP contribution >= 0.6 is 0 Å². The number of hydrogen-bond acceptors (Lipinski definition) is 5. The first-order valence-corrected chi connectivity index (χ1v) is 9.42. The summed E-state index contributed by atoms with van der Waals surface area (Å²) in [5.74, 6) is -2.01. The molecule has 1 aliphatic rings. The number of benzene rings is 3. The van der Waals surface area contributed by atoms with Gasteiger partial charge in [0.1, 0.15) is 0 Å². The molecule has 0 radical (unpaired) electrons. The number of carbonyl (C=O) groups is 4. The van der Waals surface area contributed by atoms with Gasteiger partial charge < -0.3 is 10.1 Å². The fourth-order valence-electron chi connectivity index (χ4n) is 3.33. The van der Waals surface area contributed by atoms with Crippen molar-refractivity contribution in [3.05, 3.63) is 77.9 Å². The van der Waals surface area contributed by atoms with Crippen LogP contribution in [-0.2, 0) is 14.3 Å². The second kappa shape index (κ2) is 8.16. The minimum absolute atomic E-state index is 0.0997. The Morgan fingerprint density at radius 2 is 1.47 bits per heavy atom. The fourth-order valence-corrected chi connectivity index (χ4v) is 3.33. The maximum absolute atomic E-state index is 12.3. The zero-order valence-corrected chi connectivity index (χ0v) is 16.0. The standard InChI is InChI=1S/C23H18N2O5/c26-20(24-17-10-9-15-5-1-2-6-16(15)13-17)14-30-21(27)11-12-25-22(28)18-7-3-4-8-19(18)23(25)29/h1-10,13H,11-12,14H2,(H,24,26). The lowest BCUT2D eigenvalue weighted by atomic mass is 10.1. The minimum atomic E-state index is -0.666. The normalized spacial score (nSPS) is 12.7. The van der Waals surface area contributed by atoms with Crippen LogP contribution in [0, 0.1) is 0 Å². The van der Waals surface area contributed by atoms with Crippen LogP contribution in [-0.4, -0.2) is 41.7 Å². The average molecular weight is 402 g/mol. The highest BCUT2D eigenvalue weighted by Gasteiger charge is 2.35. The van der Waals surface area contributed by atoms with Crippen molar-refractivity contribution in [2.75, 3.05) is 18.5 Å². The molecule has 1 N–H and O–H groups in total. The van der Waals surface area contributed by atoms with E-state index in [1.54, 1.807) is 30.3 Å². The SMILES string of the molecule is O=C(COC(=O)CCN1C(=O)c2ccccc2C1=O)Nc1ccc2ccccc2c1. The number of anilines is 1. The van der Waals surface area contributed by atoms with Gasteiger partial charge in [-0.25, -0.2) is 0 Å². The number of nitrogens with zero attached hydrogens (tertiary/aromatic N) is 1. The van der Waals surface area contributed by atoms with Crippen LogP contribution < -0.4 is 5.32 Å². The van der Waals surface area contributed by atoms with Crippen LogP contribution in [0.15, 0.2) is 66.7 Å². The molecule has 1 heterocycles. The number of hydrogen-bond donors (Lipinski definition) is 1. The molecule has 0 unspecified atom stereocenters. The van der Waals surface area contributed by atoms with Crippen molar-refractivity contribution in [2.45, 2.75) is 6.42 Å². The summed E-state index contributed by atoms with van der Waals surface area (Å²) in [5.41, 5.74) is 1.25. The zero-order chi connectivity index (χ0) is 21.1. The molecule has 0 fully saturated rings. The van der Waals surface area contributed by atoms with Crippen molar-refractivity contribution in [3.63, 3.8) is 0 Å². The number of rotatable bonds is 6. The van der Waals surface area contributed by atoms with E-state index in [0.29, 0.717) is 16.8 Å². The van der Waals surface area contributed by atoms with Crippen molar-refractivity contribution in [3.8, 4) is 0 Å². The molecule has 0 saturated carbocycles. The molecule has 7 nitrogen and oxygen atoms in total. The number of imide groups is 1. The van der Waals surface area contributed by atoms with Crippen LogP contribution in [0.5, 0.6) is 0 Å². The third-order valence-electron chi connectivity index (χ3n) is 4.82. The van der Waals surface area contributed by atoms with Crippen LogP contribution in [0.4, 0.5) is 5.69 Å². The van der Waals surface area contributed by atoms with Gasteiger partial charge in [-0.3, -0.25) is 24.1 Å². The number of nitrogens with one attached hydrogen (secondary N) is 1. The molecule has 0 saturated heterocycles. The van der Waals surface area contributed by atoms with Gasteiger partial charge in [-0.2, -0.15) is 0 Å². The van der Waals surface area contributed by atoms with Crippen LogP contribution in [0.2, 0.25) is 0 Å². The summed E-state index contributed by atoms with van der Waals surface area (Å²) in [4.78, 5) is 49.6. The number of carbonyl (C=O) groups excluding carboxylic acids is 4. The first-order valence-electron chi connectivity index (χ1n) is 9.42. The van der Waals surface area contributed by atoms with E-state index in [9.17, 15) is 19.2 Å². The number of fused-ring (bicyclic) bond motifs is 2. The van der Waals surface area contributed by atoms with Crippen molar-refractivity contribution in [2.24, 2.45) is 0 Å². The average Bonchev–Trinajstić information content (AvgIpc) is 3.01. The molecule has 7 heteroatoms. The largest absolute Gasteiger partial charge is 0.456 e. The Labute approximate surface area is 172 Å². The fraction of sp³-hybridized carbons (Fsp3) is 0.130. The Morgan fingerprint density at radius 1 is 0.833 bits per heavy atom. The lowest BCUT2D eigenvalue weighted by Gasteiger charge is -2.13. The summed E-state index contributed by atoms with van der Waals surface area (Å²) < 4.78 is 4.97. The topological polar surface area (TPSA) is 92.8 Å². The Hall–Kier alpha value is -4.00. The first kappa shape index (κ1) is 19.3. The van der Waals surface area contributed by atoms with E-state index in [-0.39, 0.29) is 13.0 Å². The summed E-state index contributed by atoms with van der Waals surface area (Å²) >= 11 is 0. The Morgan fingerprint density at radius 3 is 2.17 bits per heavy atom. The van der Waals surface area contributed by atoms with Gasteiger partial charge >= 0.3 is 5.97 Å². The van der Waals surface area contributed by atoms with Gasteiger partial charge in [0.2, 0.25) is 0 Å². The molecule has 0 bridgehead atoms. The van der Waals surface area contributed by atoms with E-state index in [1.165, 1.54) is 0 Å². The Bertz CT molecular complexity index is 1140. The predicted molar refractivity (Wildman–Crippen MR) is 110 cm³/mol. The smallest absolute Gasteiger partial charge is 0.308 e. The molecular weight excluding hydrogens is 384 g/mol. The van der Waals surface area contributed by atoms with Gasteiger partial charge in [-0.05, 0) is 35.0 Å². The van der Waals surface area contributed by atoms with Crippen LogP contribution in [0.1, 0.15) is 27.1 Å². The lowest BCUT2D eigenvalue weighted by molar-refractivity contribution is -0.147. The highest BCUT2D eigenvalue weighted by molar-refractivity contribution is 6.21. The summed E-state index contributed by atoms with van der Waals surface area (Å²) in [6.45, 7) is -0.550. The van der Waals surface area contributed by atoms with Gasteiger partial charge in [0, 0.05) is 12.2 Å². The van der Waals surface area contributed by atoms with Crippen molar-refractivity contribution in [1.82, 2.24) is 4.90 Å². The van der Waals surface area contributed by atoms with E-state index in [4.69, 9.17) is 4.74 Å². The summed E-state index contributed by atoms with van der Waals surface area (Å²) in [7, 11) is 0.